The van der Waals surface area contributed by atoms with Crippen molar-refractivity contribution in [1.29, 1.82) is 0 Å². The minimum absolute atomic E-state index is 0.169. The lowest BCUT2D eigenvalue weighted by Crippen LogP contribution is -2.17. The molecule has 1 aliphatic rings. The highest BCUT2D eigenvalue weighted by Gasteiger charge is 2.27. The number of aliphatic hydroxyl groups is 1. The molecule has 1 aromatic rings. The summed E-state index contributed by atoms with van der Waals surface area (Å²) in [6.07, 6.45) is 2.32. The Morgan fingerprint density at radius 3 is 2.76 bits per heavy atom. The Labute approximate surface area is 101 Å². The second-order valence-corrected chi connectivity index (χ2v) is 4.88. The molecular formula is C12H20N4O. The van der Waals surface area contributed by atoms with Gasteiger partial charge in [-0.05, 0) is 25.7 Å². The van der Waals surface area contributed by atoms with Gasteiger partial charge in [-0.1, -0.05) is 6.92 Å². The molecule has 1 heterocycles. The standard InChI is InChI=1S/C12H20N4O/c1-7(6-17)5-14-11-8(2)10(13)15-12(16-11)9-3-4-9/h7,9,17H,3-6H2,1-2H3,(H3,13,14,15,16). The molecule has 1 aliphatic carbocycles. The molecule has 1 aromatic heterocycles. The Hall–Kier alpha value is -1.36. The summed E-state index contributed by atoms with van der Waals surface area (Å²) in [5.74, 6) is 2.91. The van der Waals surface area contributed by atoms with Gasteiger partial charge < -0.3 is 16.2 Å². The number of hydrogen-bond acceptors (Lipinski definition) is 5. The van der Waals surface area contributed by atoms with Gasteiger partial charge >= 0.3 is 0 Å². The molecule has 4 N–H and O–H groups in total. The fourth-order valence-electron chi connectivity index (χ4n) is 1.58. The summed E-state index contributed by atoms with van der Waals surface area (Å²) in [4.78, 5) is 8.84. The molecule has 0 aliphatic heterocycles. The lowest BCUT2D eigenvalue weighted by atomic mass is 10.2. The molecule has 1 atom stereocenters. The molecule has 94 valence electrons. The van der Waals surface area contributed by atoms with Gasteiger partial charge in [-0.15, -0.1) is 0 Å². The van der Waals surface area contributed by atoms with Crippen molar-refractivity contribution in [3.05, 3.63) is 11.4 Å². The second kappa shape index (κ2) is 4.87. The zero-order valence-electron chi connectivity index (χ0n) is 10.4. The van der Waals surface area contributed by atoms with Gasteiger partial charge in [-0.25, -0.2) is 9.97 Å². The zero-order valence-corrected chi connectivity index (χ0v) is 10.4. The van der Waals surface area contributed by atoms with Crippen LogP contribution in [0, 0.1) is 12.8 Å². The molecule has 1 saturated carbocycles. The molecule has 0 aromatic carbocycles. The zero-order chi connectivity index (χ0) is 12.4. The van der Waals surface area contributed by atoms with Gasteiger partial charge in [0, 0.05) is 24.6 Å². The Morgan fingerprint density at radius 1 is 1.47 bits per heavy atom. The predicted octanol–water partition coefficient (Wildman–Crippen LogP) is 1.28. The van der Waals surface area contributed by atoms with E-state index in [1.54, 1.807) is 0 Å². The number of aliphatic hydroxyl groups excluding tert-OH is 1. The van der Waals surface area contributed by atoms with Crippen molar-refractivity contribution >= 4 is 11.6 Å². The minimum Gasteiger partial charge on any atom is -0.396 e. The predicted molar refractivity (Wildman–Crippen MR) is 67.9 cm³/mol. The summed E-state index contributed by atoms with van der Waals surface area (Å²) in [6.45, 7) is 4.76. The lowest BCUT2D eigenvalue weighted by molar-refractivity contribution is 0.244. The molecule has 0 spiro atoms. The largest absolute Gasteiger partial charge is 0.396 e. The van der Waals surface area contributed by atoms with Crippen LogP contribution < -0.4 is 11.1 Å². The van der Waals surface area contributed by atoms with Crippen molar-refractivity contribution in [2.75, 3.05) is 24.2 Å². The van der Waals surface area contributed by atoms with Crippen LogP contribution >= 0.6 is 0 Å². The number of nitrogens with two attached hydrogens (primary N) is 1. The first kappa shape index (κ1) is 12.1. The van der Waals surface area contributed by atoms with E-state index >= 15 is 0 Å². The van der Waals surface area contributed by atoms with Crippen LogP contribution in [0.25, 0.3) is 0 Å². The number of nitrogens with zero attached hydrogens (tertiary/aromatic N) is 2. The fourth-order valence-corrected chi connectivity index (χ4v) is 1.58. The third kappa shape index (κ3) is 2.85. The van der Waals surface area contributed by atoms with E-state index < -0.39 is 0 Å². The fraction of sp³-hybridized carbons (Fsp3) is 0.667. The van der Waals surface area contributed by atoms with Crippen molar-refractivity contribution in [2.24, 2.45) is 5.92 Å². The molecule has 5 heteroatoms. The molecule has 1 fully saturated rings. The maximum Gasteiger partial charge on any atom is 0.136 e. The van der Waals surface area contributed by atoms with Gasteiger partial charge in [-0.3, -0.25) is 0 Å². The monoisotopic (exact) mass is 236 g/mol. The summed E-state index contributed by atoms with van der Waals surface area (Å²) in [7, 11) is 0. The topological polar surface area (TPSA) is 84.1 Å². The molecule has 0 amide bonds. The maximum absolute atomic E-state index is 8.99. The molecule has 2 rings (SSSR count). The molecular weight excluding hydrogens is 216 g/mol. The van der Waals surface area contributed by atoms with Gasteiger partial charge in [0.05, 0.1) is 0 Å². The van der Waals surface area contributed by atoms with Crippen LogP contribution in [-0.4, -0.2) is 28.2 Å². The highest BCUT2D eigenvalue weighted by atomic mass is 16.3. The van der Waals surface area contributed by atoms with Crippen LogP contribution in [0.3, 0.4) is 0 Å². The summed E-state index contributed by atoms with van der Waals surface area (Å²) < 4.78 is 0. The van der Waals surface area contributed by atoms with Gasteiger partial charge in [-0.2, -0.15) is 0 Å². The quantitative estimate of drug-likeness (QED) is 0.717. The van der Waals surface area contributed by atoms with Gasteiger partial charge in [0.1, 0.15) is 17.5 Å². The van der Waals surface area contributed by atoms with Crippen molar-refractivity contribution in [3.63, 3.8) is 0 Å². The van der Waals surface area contributed by atoms with Crippen molar-refractivity contribution in [2.45, 2.75) is 32.6 Å². The summed E-state index contributed by atoms with van der Waals surface area (Å²) in [5, 5.41) is 12.2. The van der Waals surface area contributed by atoms with E-state index in [2.05, 4.69) is 15.3 Å². The average Bonchev–Trinajstić information content (AvgIpc) is 3.14. The van der Waals surface area contributed by atoms with Crippen LogP contribution in [0.15, 0.2) is 0 Å². The first-order valence-electron chi connectivity index (χ1n) is 6.10. The Morgan fingerprint density at radius 2 is 2.18 bits per heavy atom. The lowest BCUT2D eigenvalue weighted by Gasteiger charge is -2.14. The normalized spacial score (nSPS) is 16.9. The first-order valence-corrected chi connectivity index (χ1v) is 6.10. The van der Waals surface area contributed by atoms with Crippen LogP contribution in [0.2, 0.25) is 0 Å². The van der Waals surface area contributed by atoms with E-state index in [-0.39, 0.29) is 12.5 Å². The van der Waals surface area contributed by atoms with Crippen molar-refractivity contribution in [3.8, 4) is 0 Å². The number of hydrogen-bond donors (Lipinski definition) is 3. The summed E-state index contributed by atoms with van der Waals surface area (Å²) >= 11 is 0. The van der Waals surface area contributed by atoms with Crippen LogP contribution in [-0.2, 0) is 0 Å². The van der Waals surface area contributed by atoms with Crippen LogP contribution in [0.5, 0.6) is 0 Å². The highest BCUT2D eigenvalue weighted by molar-refractivity contribution is 5.55. The van der Waals surface area contributed by atoms with Gasteiger partial charge in [0.25, 0.3) is 0 Å². The number of nitrogen functional groups attached to an aromatic ring is 1. The Bertz CT molecular complexity index is 404. The summed E-state index contributed by atoms with van der Waals surface area (Å²) in [5.41, 5.74) is 6.77. The van der Waals surface area contributed by atoms with E-state index in [9.17, 15) is 0 Å². The molecule has 5 nitrogen and oxygen atoms in total. The van der Waals surface area contributed by atoms with E-state index in [0.29, 0.717) is 18.3 Å². The molecule has 1 unspecified atom stereocenters. The number of rotatable bonds is 5. The summed E-state index contributed by atoms with van der Waals surface area (Å²) in [6, 6.07) is 0. The van der Waals surface area contributed by atoms with Crippen LogP contribution in [0.4, 0.5) is 11.6 Å². The van der Waals surface area contributed by atoms with Crippen molar-refractivity contribution < 1.29 is 5.11 Å². The van der Waals surface area contributed by atoms with E-state index in [0.717, 1.165) is 30.0 Å². The molecule has 0 bridgehead atoms. The number of aromatic nitrogens is 2. The molecule has 0 saturated heterocycles. The first-order chi connectivity index (χ1) is 8.11. The molecule has 17 heavy (non-hydrogen) atoms. The highest BCUT2D eigenvalue weighted by Crippen LogP contribution is 2.39. The van der Waals surface area contributed by atoms with Crippen LogP contribution in [0.1, 0.15) is 37.1 Å². The van der Waals surface area contributed by atoms with Gasteiger partial charge in [0.2, 0.25) is 0 Å². The van der Waals surface area contributed by atoms with Gasteiger partial charge in [0.15, 0.2) is 0 Å². The van der Waals surface area contributed by atoms with Crippen molar-refractivity contribution in [1.82, 2.24) is 9.97 Å². The molecule has 0 radical (unpaired) electrons. The maximum atomic E-state index is 8.99. The van der Waals surface area contributed by atoms with E-state index in [1.807, 2.05) is 13.8 Å². The third-order valence-corrected chi connectivity index (χ3v) is 3.07. The third-order valence-electron chi connectivity index (χ3n) is 3.07. The SMILES string of the molecule is Cc1c(N)nc(C2CC2)nc1NCC(C)CO. The van der Waals surface area contributed by atoms with E-state index in [4.69, 9.17) is 10.8 Å². The Balaban J connectivity index is 2.13. The second-order valence-electron chi connectivity index (χ2n) is 4.88. The number of anilines is 2. The Kier molecular flexibility index (Phi) is 3.47. The minimum atomic E-state index is 0.169. The van der Waals surface area contributed by atoms with E-state index in [1.165, 1.54) is 0 Å². The average molecular weight is 236 g/mol. The number of nitrogens with one attached hydrogen (secondary N) is 1. The smallest absolute Gasteiger partial charge is 0.136 e.